The number of piperidine rings is 1. The van der Waals surface area contributed by atoms with Crippen molar-refractivity contribution in [3.8, 4) is 0 Å². The first-order chi connectivity index (χ1) is 9.69. The van der Waals surface area contributed by atoms with Gasteiger partial charge in [-0.1, -0.05) is 19.3 Å². The summed E-state index contributed by atoms with van der Waals surface area (Å²) < 4.78 is 0. The van der Waals surface area contributed by atoms with E-state index in [1.807, 2.05) is 6.92 Å². The van der Waals surface area contributed by atoms with Crippen molar-refractivity contribution in [3.05, 3.63) is 0 Å². The van der Waals surface area contributed by atoms with Crippen molar-refractivity contribution in [1.82, 2.24) is 10.2 Å². The van der Waals surface area contributed by atoms with E-state index in [0.717, 1.165) is 13.1 Å². The van der Waals surface area contributed by atoms with Gasteiger partial charge in [-0.2, -0.15) is 0 Å². The smallest absolute Gasteiger partial charge is 0.221 e. The normalized spacial score (nSPS) is 24.5. The molecule has 4 heteroatoms. The molecule has 0 aromatic rings. The van der Waals surface area contributed by atoms with Crippen molar-refractivity contribution in [2.45, 2.75) is 64.3 Å². The van der Waals surface area contributed by atoms with Crippen LogP contribution in [0.2, 0.25) is 0 Å². The first-order valence-electron chi connectivity index (χ1n) is 8.40. The van der Waals surface area contributed by atoms with Crippen LogP contribution in [0.3, 0.4) is 0 Å². The zero-order valence-corrected chi connectivity index (χ0v) is 13.0. The third-order valence-corrected chi connectivity index (χ3v) is 5.36. The molecule has 0 bridgehead atoms. The van der Waals surface area contributed by atoms with Crippen LogP contribution in [0.4, 0.5) is 0 Å². The van der Waals surface area contributed by atoms with E-state index in [1.165, 1.54) is 44.9 Å². The topological polar surface area (TPSA) is 58.4 Å². The zero-order valence-electron chi connectivity index (χ0n) is 13.0. The number of hydrogen-bond donors (Lipinski definition) is 2. The second-order valence-corrected chi connectivity index (χ2v) is 6.64. The summed E-state index contributed by atoms with van der Waals surface area (Å²) in [6.45, 7) is 5.51. The second-order valence-electron chi connectivity index (χ2n) is 6.64. The third kappa shape index (κ3) is 3.95. The molecule has 2 aliphatic rings. The fraction of sp³-hybridized carbons (Fsp3) is 0.938. The molecule has 0 aromatic heterocycles. The van der Waals surface area contributed by atoms with Crippen LogP contribution in [0, 0.1) is 5.41 Å². The van der Waals surface area contributed by atoms with E-state index < -0.39 is 0 Å². The van der Waals surface area contributed by atoms with Crippen LogP contribution in [-0.2, 0) is 4.79 Å². The Hall–Kier alpha value is -0.610. The Bertz CT molecular complexity index is 303. The number of hydrogen-bond acceptors (Lipinski definition) is 3. The Morgan fingerprint density at radius 2 is 1.85 bits per heavy atom. The number of likely N-dealkylation sites (tertiary alicyclic amines) is 1. The number of nitrogens with one attached hydrogen (secondary N) is 1. The Morgan fingerprint density at radius 1 is 1.20 bits per heavy atom. The fourth-order valence-corrected chi connectivity index (χ4v) is 4.01. The van der Waals surface area contributed by atoms with Crippen molar-refractivity contribution < 1.29 is 4.79 Å². The Labute approximate surface area is 123 Å². The summed E-state index contributed by atoms with van der Waals surface area (Å²) in [7, 11) is 0. The van der Waals surface area contributed by atoms with Gasteiger partial charge in [0.05, 0.1) is 0 Å². The van der Waals surface area contributed by atoms with Gasteiger partial charge in [0.2, 0.25) is 5.91 Å². The molecular weight excluding hydrogens is 250 g/mol. The van der Waals surface area contributed by atoms with E-state index >= 15 is 0 Å². The second kappa shape index (κ2) is 7.41. The summed E-state index contributed by atoms with van der Waals surface area (Å²) in [4.78, 5) is 14.2. The first-order valence-corrected chi connectivity index (χ1v) is 8.40. The molecular formula is C16H31N3O. The number of nitrogens with two attached hydrogens (primary N) is 1. The van der Waals surface area contributed by atoms with Crippen molar-refractivity contribution in [3.63, 3.8) is 0 Å². The van der Waals surface area contributed by atoms with Crippen LogP contribution in [0.5, 0.6) is 0 Å². The predicted molar refractivity (Wildman–Crippen MR) is 82.5 cm³/mol. The molecule has 20 heavy (non-hydrogen) atoms. The summed E-state index contributed by atoms with van der Waals surface area (Å²) in [5.74, 6) is 0.140. The van der Waals surface area contributed by atoms with Crippen LogP contribution in [0.1, 0.15) is 58.3 Å². The summed E-state index contributed by atoms with van der Waals surface area (Å²) in [6.07, 6.45) is 10.3. The Balaban J connectivity index is 1.83. The van der Waals surface area contributed by atoms with Gasteiger partial charge in [-0.05, 0) is 51.1 Å². The van der Waals surface area contributed by atoms with E-state index in [9.17, 15) is 4.79 Å². The quantitative estimate of drug-likeness (QED) is 0.809. The third-order valence-electron chi connectivity index (χ3n) is 5.36. The van der Waals surface area contributed by atoms with Gasteiger partial charge >= 0.3 is 0 Å². The minimum atomic E-state index is 0.140. The summed E-state index contributed by atoms with van der Waals surface area (Å²) in [5.41, 5.74) is 6.52. The standard InChI is InChI=1S/C16H31N3O/c1-2-18-15(20)12-14(13-17)19-10-8-16(9-11-19)6-4-3-5-7-16/h14H,2-13,17H2,1H3,(H,18,20). The summed E-state index contributed by atoms with van der Waals surface area (Å²) >= 11 is 0. The van der Waals surface area contributed by atoms with E-state index in [1.54, 1.807) is 0 Å². The highest BCUT2D eigenvalue weighted by atomic mass is 16.1. The maximum absolute atomic E-state index is 11.8. The molecule has 1 unspecified atom stereocenters. The van der Waals surface area contributed by atoms with E-state index in [-0.39, 0.29) is 11.9 Å². The first kappa shape index (κ1) is 15.8. The van der Waals surface area contributed by atoms with Crippen molar-refractivity contribution in [2.75, 3.05) is 26.2 Å². The molecule has 2 rings (SSSR count). The SMILES string of the molecule is CCNC(=O)CC(CN)N1CCC2(CCCCC2)CC1. The van der Waals surface area contributed by atoms with Crippen LogP contribution >= 0.6 is 0 Å². The molecule has 116 valence electrons. The van der Waals surface area contributed by atoms with Gasteiger partial charge in [0, 0.05) is 25.6 Å². The lowest BCUT2D eigenvalue weighted by atomic mass is 9.68. The van der Waals surface area contributed by atoms with Gasteiger partial charge in [0.25, 0.3) is 0 Å². The lowest BCUT2D eigenvalue weighted by Crippen LogP contribution is -2.50. The molecule has 1 atom stereocenters. The van der Waals surface area contributed by atoms with E-state index in [2.05, 4.69) is 10.2 Å². The maximum atomic E-state index is 11.8. The lowest BCUT2D eigenvalue weighted by Gasteiger charge is -2.46. The number of nitrogens with zero attached hydrogens (tertiary/aromatic N) is 1. The molecule has 1 saturated carbocycles. The number of rotatable bonds is 5. The average Bonchev–Trinajstić information content (AvgIpc) is 2.47. The van der Waals surface area contributed by atoms with Crippen LogP contribution in [0.25, 0.3) is 0 Å². The molecule has 2 fully saturated rings. The van der Waals surface area contributed by atoms with Gasteiger partial charge in [-0.15, -0.1) is 0 Å². The molecule has 1 amide bonds. The van der Waals surface area contributed by atoms with Gasteiger partial charge < -0.3 is 11.1 Å². The molecule has 1 heterocycles. The minimum Gasteiger partial charge on any atom is -0.356 e. The van der Waals surface area contributed by atoms with Crippen LogP contribution in [-0.4, -0.2) is 43.0 Å². The lowest BCUT2D eigenvalue weighted by molar-refractivity contribution is -0.122. The molecule has 1 aliphatic carbocycles. The van der Waals surface area contributed by atoms with Crippen LogP contribution < -0.4 is 11.1 Å². The van der Waals surface area contributed by atoms with Gasteiger partial charge in [-0.3, -0.25) is 9.69 Å². The fourth-order valence-electron chi connectivity index (χ4n) is 4.01. The predicted octanol–water partition coefficient (Wildman–Crippen LogP) is 1.89. The highest BCUT2D eigenvalue weighted by Gasteiger charge is 2.37. The van der Waals surface area contributed by atoms with Crippen molar-refractivity contribution >= 4 is 5.91 Å². The highest BCUT2D eigenvalue weighted by molar-refractivity contribution is 5.76. The van der Waals surface area contributed by atoms with Crippen LogP contribution in [0.15, 0.2) is 0 Å². The van der Waals surface area contributed by atoms with Gasteiger partial charge in [0.1, 0.15) is 0 Å². The number of carbonyl (C=O) groups excluding carboxylic acids is 1. The molecule has 1 aliphatic heterocycles. The summed E-state index contributed by atoms with van der Waals surface area (Å²) in [6, 6.07) is 0.225. The highest BCUT2D eigenvalue weighted by Crippen LogP contribution is 2.44. The maximum Gasteiger partial charge on any atom is 0.221 e. The molecule has 4 nitrogen and oxygen atoms in total. The van der Waals surface area contributed by atoms with Gasteiger partial charge in [-0.25, -0.2) is 0 Å². The van der Waals surface area contributed by atoms with Crippen molar-refractivity contribution in [1.29, 1.82) is 0 Å². The van der Waals surface area contributed by atoms with Gasteiger partial charge in [0.15, 0.2) is 0 Å². The summed E-state index contributed by atoms with van der Waals surface area (Å²) in [5, 5.41) is 2.89. The molecule has 1 saturated heterocycles. The number of amides is 1. The van der Waals surface area contributed by atoms with Crippen molar-refractivity contribution in [2.24, 2.45) is 11.1 Å². The molecule has 3 N–H and O–H groups in total. The Kier molecular flexibility index (Phi) is 5.85. The zero-order chi connectivity index (χ0) is 14.4. The Morgan fingerprint density at radius 3 is 2.40 bits per heavy atom. The monoisotopic (exact) mass is 281 g/mol. The minimum absolute atomic E-state index is 0.140. The molecule has 0 radical (unpaired) electrons. The van der Waals surface area contributed by atoms with E-state index in [4.69, 9.17) is 5.73 Å². The number of carbonyl (C=O) groups is 1. The molecule has 1 spiro atoms. The molecule has 0 aromatic carbocycles. The largest absolute Gasteiger partial charge is 0.356 e. The average molecular weight is 281 g/mol. The van der Waals surface area contributed by atoms with E-state index in [0.29, 0.717) is 24.9 Å².